The summed E-state index contributed by atoms with van der Waals surface area (Å²) in [5, 5.41) is 0. The van der Waals surface area contributed by atoms with E-state index in [-0.39, 0.29) is 17.3 Å². The van der Waals surface area contributed by atoms with Crippen LogP contribution in [0.5, 0.6) is 0 Å². The Morgan fingerprint density at radius 2 is 1.75 bits per heavy atom. The van der Waals surface area contributed by atoms with Gasteiger partial charge in [0.2, 0.25) is 0 Å². The Labute approximate surface area is 173 Å². The van der Waals surface area contributed by atoms with E-state index in [0.29, 0.717) is 11.8 Å². The van der Waals surface area contributed by atoms with E-state index in [0.717, 1.165) is 0 Å². The first-order chi connectivity index (χ1) is 11.2. The van der Waals surface area contributed by atoms with Gasteiger partial charge in [0, 0.05) is 0 Å². The minimum absolute atomic E-state index is 0.210. The summed E-state index contributed by atoms with van der Waals surface area (Å²) in [7, 11) is 0. The summed E-state index contributed by atoms with van der Waals surface area (Å²) in [4.78, 5) is 0. The molecule has 130 valence electrons. The average molecular weight is 459 g/mol. The van der Waals surface area contributed by atoms with Gasteiger partial charge in [-0.25, -0.2) is 30.2 Å². The minimum atomic E-state index is -0.633. The number of hydrogen-bond donors (Lipinski definition) is 0. The molecule has 0 aliphatic heterocycles. The Bertz CT molecular complexity index is 537. The number of halogens is 2. The molecule has 3 unspecified atom stereocenters. The van der Waals surface area contributed by atoms with Crippen molar-refractivity contribution in [1.82, 2.24) is 0 Å². The predicted octanol–water partition coefficient (Wildman–Crippen LogP) is 6.59. The van der Waals surface area contributed by atoms with E-state index in [9.17, 15) is 0 Å². The van der Waals surface area contributed by atoms with Gasteiger partial charge in [0.1, 0.15) is 4.33 Å². The van der Waals surface area contributed by atoms with Gasteiger partial charge in [-0.3, -0.25) is 0 Å². The second-order valence-corrected chi connectivity index (χ2v) is 17.8. The third kappa shape index (κ3) is 6.60. The standard InChI is InChI=1S/C13H17Cl2.C5H5.C2H6Si.Zr/c1-8(2)11-6-4-5-10-7-9(3)13(14,15)12(10)11;1-2-4-5-3-1;1-3-2;/h4-9,11-12H,1-3H3;1-5H;1-2H3;/q2*-1;;+2. The molecule has 1 fully saturated rings. The SMILES string of the molecule is CC(C)C1C=CC=C2[CH-]C(C)C(Cl)(Cl)C21.C[Si](C)=[Zr+2].c1cc[cH-]c1. The number of fused-ring (bicyclic) bond motifs is 1. The smallest absolute Gasteiger partial charge is 0.172 e. The van der Waals surface area contributed by atoms with E-state index in [1.807, 2.05) is 30.3 Å². The molecular formula is C20H28Cl2SiZr. The van der Waals surface area contributed by atoms with E-state index in [4.69, 9.17) is 23.2 Å². The van der Waals surface area contributed by atoms with Gasteiger partial charge in [0.25, 0.3) is 0 Å². The van der Waals surface area contributed by atoms with Gasteiger partial charge in [-0.1, -0.05) is 32.8 Å². The molecule has 0 amide bonds. The predicted molar refractivity (Wildman–Crippen MR) is 106 cm³/mol. The third-order valence-corrected chi connectivity index (χ3v) is 5.31. The summed E-state index contributed by atoms with van der Waals surface area (Å²) in [5.41, 5.74) is 1.52. The summed E-state index contributed by atoms with van der Waals surface area (Å²) < 4.78 is -0.633. The van der Waals surface area contributed by atoms with Crippen LogP contribution in [0.1, 0.15) is 20.8 Å². The van der Waals surface area contributed by atoms with Gasteiger partial charge in [-0.2, -0.15) is 18.2 Å². The molecule has 0 N–H and O–H groups in total. The summed E-state index contributed by atoms with van der Waals surface area (Å²) >= 11 is 14.7. The molecule has 0 radical (unpaired) electrons. The van der Waals surface area contributed by atoms with E-state index >= 15 is 0 Å². The van der Waals surface area contributed by atoms with Gasteiger partial charge < -0.3 is 0 Å². The molecule has 1 saturated carbocycles. The molecule has 2 aliphatic rings. The van der Waals surface area contributed by atoms with Crippen molar-refractivity contribution < 1.29 is 23.3 Å². The van der Waals surface area contributed by atoms with Crippen LogP contribution in [0.25, 0.3) is 0 Å². The normalized spacial score (nSPS) is 26.2. The summed E-state index contributed by atoms with van der Waals surface area (Å²) in [5.74, 6) is 1.53. The zero-order valence-electron chi connectivity index (χ0n) is 15.3. The second kappa shape index (κ2) is 10.5. The molecule has 0 aromatic heterocycles. The molecular weight excluding hydrogens is 430 g/mol. The topological polar surface area (TPSA) is 0 Å². The van der Waals surface area contributed by atoms with Crippen LogP contribution in [0, 0.1) is 30.1 Å². The largest absolute Gasteiger partial charge is 0.214 e. The molecule has 1 aromatic carbocycles. The van der Waals surface area contributed by atoms with Crippen molar-refractivity contribution >= 4 is 28.6 Å². The Morgan fingerprint density at radius 1 is 1.21 bits per heavy atom. The Kier molecular flexibility index (Phi) is 9.82. The van der Waals surface area contributed by atoms with E-state index in [1.54, 1.807) is 23.3 Å². The molecule has 0 bridgehead atoms. The fourth-order valence-electron chi connectivity index (χ4n) is 2.98. The molecule has 0 heterocycles. The first-order valence-corrected chi connectivity index (χ1v) is 15.4. The zero-order valence-corrected chi connectivity index (χ0v) is 20.2. The molecule has 24 heavy (non-hydrogen) atoms. The van der Waals surface area contributed by atoms with Gasteiger partial charge >= 0.3 is 41.9 Å². The maximum Gasteiger partial charge on any atom is -0.172 e. The van der Waals surface area contributed by atoms with Crippen LogP contribution in [-0.2, 0) is 23.3 Å². The Balaban J connectivity index is 0.000000263. The van der Waals surface area contributed by atoms with Crippen LogP contribution in [0.15, 0.2) is 54.1 Å². The first-order valence-electron chi connectivity index (χ1n) is 8.47. The molecule has 3 atom stereocenters. The molecule has 4 heteroatoms. The summed E-state index contributed by atoms with van der Waals surface area (Å²) in [6, 6.07) is 10.0. The number of alkyl halides is 2. The van der Waals surface area contributed by atoms with Crippen molar-refractivity contribution in [3.05, 3.63) is 60.6 Å². The van der Waals surface area contributed by atoms with Gasteiger partial charge in [0.15, 0.2) is 0 Å². The van der Waals surface area contributed by atoms with E-state index in [1.165, 1.54) is 5.57 Å². The van der Waals surface area contributed by atoms with Crippen molar-refractivity contribution in [2.75, 3.05) is 0 Å². The number of allylic oxidation sites excluding steroid dienone is 4. The second-order valence-electron chi connectivity index (χ2n) is 6.94. The monoisotopic (exact) mass is 456 g/mol. The van der Waals surface area contributed by atoms with Crippen LogP contribution >= 0.6 is 23.2 Å². The van der Waals surface area contributed by atoms with Crippen LogP contribution in [0.3, 0.4) is 0 Å². The quantitative estimate of drug-likeness (QED) is 0.253. The van der Waals surface area contributed by atoms with Crippen LogP contribution in [-0.4, -0.2) is 9.77 Å². The number of rotatable bonds is 1. The number of hydrogen-bond acceptors (Lipinski definition) is 0. The maximum absolute atomic E-state index is 6.49. The van der Waals surface area contributed by atoms with Crippen LogP contribution in [0.4, 0.5) is 0 Å². The minimum Gasteiger partial charge on any atom is -0.214 e. The fourth-order valence-corrected chi connectivity index (χ4v) is 3.65. The third-order valence-electron chi connectivity index (χ3n) is 4.16. The Morgan fingerprint density at radius 3 is 2.17 bits per heavy atom. The zero-order chi connectivity index (χ0) is 18.3. The van der Waals surface area contributed by atoms with Crippen molar-refractivity contribution in [3.8, 4) is 0 Å². The Hall–Kier alpha value is 0.380. The van der Waals surface area contributed by atoms with Crippen LogP contribution < -0.4 is 0 Å². The van der Waals surface area contributed by atoms with E-state index < -0.39 is 4.33 Å². The molecule has 0 saturated heterocycles. The molecule has 0 nitrogen and oxygen atoms in total. The molecule has 3 rings (SSSR count). The van der Waals surface area contributed by atoms with Crippen molar-refractivity contribution in [3.63, 3.8) is 0 Å². The molecule has 1 aromatic rings. The van der Waals surface area contributed by atoms with Gasteiger partial charge in [-0.05, 0) is 17.8 Å². The van der Waals surface area contributed by atoms with Crippen molar-refractivity contribution in [1.29, 1.82) is 0 Å². The molecule has 2 aliphatic carbocycles. The molecule has 0 spiro atoms. The van der Waals surface area contributed by atoms with Gasteiger partial charge in [-0.15, -0.1) is 29.3 Å². The first kappa shape index (κ1) is 22.4. The van der Waals surface area contributed by atoms with Gasteiger partial charge in [0.05, 0.1) is 0 Å². The van der Waals surface area contributed by atoms with Crippen molar-refractivity contribution in [2.24, 2.45) is 23.7 Å². The van der Waals surface area contributed by atoms with Crippen LogP contribution in [0.2, 0.25) is 13.1 Å². The summed E-state index contributed by atoms with van der Waals surface area (Å²) in [6.45, 7) is 11.2. The average Bonchev–Trinajstić information content (AvgIpc) is 3.11. The maximum atomic E-state index is 6.49. The fraction of sp³-hybridized carbons (Fsp3) is 0.500. The van der Waals surface area contributed by atoms with Crippen molar-refractivity contribution in [2.45, 2.75) is 38.2 Å². The summed E-state index contributed by atoms with van der Waals surface area (Å²) in [6.07, 6.45) is 8.73. The van der Waals surface area contributed by atoms with E-state index in [2.05, 4.69) is 58.5 Å².